The van der Waals surface area contributed by atoms with E-state index in [-0.39, 0.29) is 32.3 Å². The number of halogens is 1. The number of carbonyl (C=O) groups excluding carboxylic acids is 2. The van der Waals surface area contributed by atoms with Gasteiger partial charge in [0, 0.05) is 25.2 Å². The van der Waals surface area contributed by atoms with Crippen LogP contribution in [0.4, 0.5) is 23.3 Å². The molecule has 26 heteroatoms. The predicted octanol–water partition coefficient (Wildman–Crippen LogP) is 8.86. The van der Waals surface area contributed by atoms with Gasteiger partial charge in [0.1, 0.15) is 22.1 Å². The zero-order valence-electron chi connectivity index (χ0n) is 47.9. The van der Waals surface area contributed by atoms with Crippen LogP contribution in [0.5, 0.6) is 5.88 Å². The molecule has 2 amide bonds. The summed E-state index contributed by atoms with van der Waals surface area (Å²) in [5.74, 6) is 16.9. The second-order valence-corrected chi connectivity index (χ2v) is 51.4. The summed E-state index contributed by atoms with van der Waals surface area (Å²) >= 11 is -0.0431. The molecule has 0 aromatic carbocycles. The van der Waals surface area contributed by atoms with E-state index in [1.54, 1.807) is 65.5 Å². The van der Waals surface area contributed by atoms with Gasteiger partial charge in [-0.1, -0.05) is 12.1 Å². The van der Waals surface area contributed by atoms with Gasteiger partial charge in [0.2, 0.25) is 0 Å². The first-order valence-corrected chi connectivity index (χ1v) is 46.7. The number of pyridine rings is 4. The SMILES string of the molecule is CC1(C)C[C@@H]2CCCNc3cccc(n3)S(=O)(=O)NC(=O)c3ccc(-n4ccc(O[CH2][Ge]([CH3])([CH3])[CH3])n4)nc3N1C2.CC1(C)C[C@@H]2CCCNc3cccc(n3)S(=O)(=O)NC(=O)c3ccc(Br)nc3N1C2.[CH3][Ge]([CH3])([CH3])[CH2]OC1=NCC=C1. The summed E-state index contributed by atoms with van der Waals surface area (Å²) in [6.07, 6.45) is 11.5. The average Bonchev–Trinajstić information content (AvgIpc) is 4.42. The molecule has 2 saturated heterocycles. The second-order valence-electron chi connectivity index (χ2n) is 24.6. The summed E-state index contributed by atoms with van der Waals surface area (Å²) in [4.78, 5) is 52.8. The summed E-state index contributed by atoms with van der Waals surface area (Å²) in [5, 5.41) is 10.5. The van der Waals surface area contributed by atoms with Crippen LogP contribution in [0.3, 0.4) is 0 Å². The van der Waals surface area contributed by atoms with Crippen LogP contribution in [0, 0.1) is 11.8 Å². The Morgan fingerprint density at radius 1 is 0.654 bits per heavy atom. The van der Waals surface area contributed by atoms with Crippen molar-refractivity contribution in [2.45, 2.75) is 122 Å². The quantitative estimate of drug-likeness (QED) is 0.0914. The van der Waals surface area contributed by atoms with Gasteiger partial charge in [0.25, 0.3) is 15.9 Å². The Kier molecular flexibility index (Phi) is 19.1. The van der Waals surface area contributed by atoms with Crippen LogP contribution in [0.25, 0.3) is 5.82 Å². The maximum atomic E-state index is 13.5. The van der Waals surface area contributed by atoms with Gasteiger partial charge in [0.15, 0.2) is 10.1 Å². The Balaban J connectivity index is 0.000000184. The third kappa shape index (κ3) is 16.4. The van der Waals surface area contributed by atoms with Gasteiger partial charge < -0.3 is 15.5 Å². The Bertz CT molecular complexity index is 3400. The molecule has 21 nitrogen and oxygen atoms in total. The zero-order valence-corrected chi connectivity index (χ0v) is 55.3. The van der Waals surface area contributed by atoms with Crippen molar-refractivity contribution in [3.05, 3.63) is 101 Å². The second kappa shape index (κ2) is 25.1. The number of ether oxygens (including phenoxy) is 2. The van der Waals surface area contributed by atoms with Crippen molar-refractivity contribution in [1.29, 1.82) is 0 Å². The van der Waals surface area contributed by atoms with Gasteiger partial charge in [-0.15, -0.1) is 0 Å². The molecule has 8 bridgehead atoms. The van der Waals surface area contributed by atoms with Crippen LogP contribution >= 0.6 is 15.9 Å². The molecule has 81 heavy (non-hydrogen) atoms. The predicted molar refractivity (Wildman–Crippen MR) is 325 cm³/mol. The first-order chi connectivity index (χ1) is 38.0. The summed E-state index contributed by atoms with van der Waals surface area (Å²) in [6.45, 7) is 12.1. The molecule has 0 saturated carbocycles. The minimum absolute atomic E-state index is 0.176. The van der Waals surface area contributed by atoms with E-state index in [9.17, 15) is 26.4 Å². The van der Waals surface area contributed by atoms with Crippen molar-refractivity contribution in [3.63, 3.8) is 0 Å². The third-order valence-electron chi connectivity index (χ3n) is 14.0. The Labute approximate surface area is 490 Å². The summed E-state index contributed by atoms with van der Waals surface area (Å²) < 4.78 is 69.9. The molecule has 10 heterocycles. The van der Waals surface area contributed by atoms with E-state index < -0.39 is 58.4 Å². The van der Waals surface area contributed by atoms with Gasteiger partial charge in [-0.25, -0.2) is 19.7 Å². The number of amides is 2. The van der Waals surface area contributed by atoms with Gasteiger partial charge in [-0.2, -0.15) is 16.8 Å². The van der Waals surface area contributed by atoms with Crippen molar-refractivity contribution in [2.24, 2.45) is 16.8 Å². The summed E-state index contributed by atoms with van der Waals surface area (Å²) in [7, 11) is -8.35. The number of nitrogens with one attached hydrogen (secondary N) is 4. The number of anilines is 4. The van der Waals surface area contributed by atoms with Gasteiger partial charge >= 0.3 is 248 Å². The van der Waals surface area contributed by atoms with Crippen molar-refractivity contribution >= 4 is 103 Å². The van der Waals surface area contributed by atoms with E-state index in [2.05, 4.69) is 133 Å². The van der Waals surface area contributed by atoms with Crippen LogP contribution in [-0.2, 0) is 24.8 Å². The average molecular weight is 1340 g/mol. The Morgan fingerprint density at radius 2 is 1.16 bits per heavy atom. The van der Waals surface area contributed by atoms with E-state index >= 15 is 0 Å². The molecule has 10 rings (SSSR count). The van der Waals surface area contributed by atoms with Crippen LogP contribution < -0.4 is 34.6 Å². The third-order valence-corrected chi connectivity index (χ3v) is 21.1. The fourth-order valence-electron chi connectivity index (χ4n) is 10.2. The fourth-order valence-corrected chi connectivity index (χ4v) is 14.8. The van der Waals surface area contributed by atoms with Gasteiger partial charge in [-0.05, 0) is 97.8 Å². The summed E-state index contributed by atoms with van der Waals surface area (Å²) in [6, 6.07) is 17.7. The summed E-state index contributed by atoms with van der Waals surface area (Å²) in [5.41, 5.74) is 1.51. The molecular formula is C55H76BrGe2N13O8S2. The van der Waals surface area contributed by atoms with E-state index in [1.807, 2.05) is 12.2 Å². The standard InChI is InChI=1S/C27H37GeN7O4S.C20H24BrN5O3S.C8H15GeNO/c1-27(2)16-19-8-7-14-29-21-9-6-10-24(30-21)40(37,38)33-26(36)20-11-12-22(31-25(20)34(27)17-19)35-15-13-23(32-35)39-18-28(3,4)5;1-20(2)11-13-5-4-10-22-16-6-3-7-17(24-16)30(28,29)25-19(27)14-8-9-15(21)23-18(14)26(20)12-13;1-9(2,3)7-11-8-5-4-6-10-8/h6,9-13,15,19H,7-8,14,16-18H2,1-5H3,(H,29,30)(H,33,36);3,6-9,13H,4-5,10-12H2,1-2H3,(H,22,24)(H,25,27);4-5H,6-7H2,1-3H3/t19-;13-;/m00./s1. The number of sulfonamides is 2. The molecule has 5 aromatic rings. The number of hydrogen-bond acceptors (Lipinski definition) is 18. The number of carbonyl (C=O) groups is 2. The Morgan fingerprint density at radius 3 is 1.67 bits per heavy atom. The van der Waals surface area contributed by atoms with Crippen molar-refractivity contribution in [2.75, 3.05) is 64.0 Å². The van der Waals surface area contributed by atoms with Crippen molar-refractivity contribution in [1.82, 2.24) is 39.2 Å². The van der Waals surface area contributed by atoms with E-state index in [0.717, 1.165) is 63.0 Å². The number of fused-ring (bicyclic) bond motifs is 12. The van der Waals surface area contributed by atoms with Crippen LogP contribution in [0.15, 0.2) is 105 Å². The van der Waals surface area contributed by atoms with Gasteiger partial charge in [0.05, 0.1) is 5.56 Å². The van der Waals surface area contributed by atoms with E-state index in [1.165, 1.54) is 12.1 Å². The van der Waals surface area contributed by atoms with E-state index in [4.69, 9.17) is 14.5 Å². The normalized spacial score (nSPS) is 20.9. The monoisotopic (exact) mass is 1340 g/mol. The minimum atomic E-state index is -4.22. The number of nitrogens with zero attached hydrogens (tertiary/aromatic N) is 9. The molecule has 5 aliphatic rings. The van der Waals surface area contributed by atoms with Crippen LogP contribution in [0.1, 0.15) is 86.9 Å². The van der Waals surface area contributed by atoms with Crippen molar-refractivity contribution in [3.8, 4) is 11.7 Å². The first-order valence-electron chi connectivity index (χ1n) is 27.4. The van der Waals surface area contributed by atoms with E-state index in [0.29, 0.717) is 76.5 Å². The van der Waals surface area contributed by atoms with Crippen molar-refractivity contribution < 1.29 is 35.9 Å². The molecule has 2 fully saturated rings. The van der Waals surface area contributed by atoms with Crippen LogP contribution in [-0.4, -0.2) is 145 Å². The number of aliphatic imine (C=N–C) groups is 1. The maximum absolute atomic E-state index is 13.5. The first kappa shape index (κ1) is 61.5. The molecular weight excluding hydrogens is 1260 g/mol. The molecule has 0 aliphatic carbocycles. The van der Waals surface area contributed by atoms with Crippen LogP contribution in [0.2, 0.25) is 34.5 Å². The Hall–Kier alpha value is -5.57. The number of hydrogen-bond donors (Lipinski definition) is 4. The zero-order chi connectivity index (χ0) is 58.5. The number of rotatable bonds is 6. The topological polar surface area (TPSA) is 257 Å². The molecule has 436 valence electrons. The van der Waals surface area contributed by atoms with Gasteiger partial charge in [-0.3, -0.25) is 4.79 Å². The molecule has 0 radical (unpaired) electrons. The molecule has 5 aliphatic heterocycles. The molecule has 5 aromatic heterocycles. The molecule has 0 unspecified atom stereocenters. The molecule has 4 N–H and O–H groups in total. The fraction of sp³-hybridized carbons (Fsp3) is 0.491. The molecule has 2 atom stereocenters. The number of aromatic nitrogens is 6. The molecule has 0 spiro atoms.